The van der Waals surface area contributed by atoms with Crippen LogP contribution in [0.4, 0.5) is 4.79 Å². The number of carboxylic acids is 1. The van der Waals surface area contributed by atoms with E-state index in [-0.39, 0.29) is 24.4 Å². The number of carbonyl (C=O) groups is 3. The van der Waals surface area contributed by atoms with Gasteiger partial charge in [0.2, 0.25) is 0 Å². The Morgan fingerprint density at radius 2 is 1.63 bits per heavy atom. The summed E-state index contributed by atoms with van der Waals surface area (Å²) in [6, 6.07) is 15.2. The van der Waals surface area contributed by atoms with Crippen molar-refractivity contribution in [1.82, 2.24) is 10.8 Å². The third-order valence-corrected chi connectivity index (χ3v) is 6.87. The first-order valence-electron chi connectivity index (χ1n) is 12.2. The third kappa shape index (κ3) is 5.82. The van der Waals surface area contributed by atoms with Crippen LogP contribution in [-0.2, 0) is 19.2 Å². The van der Waals surface area contributed by atoms with E-state index >= 15 is 0 Å². The average molecular weight is 481 g/mol. The predicted molar refractivity (Wildman–Crippen MR) is 129 cm³/mol. The Hall–Kier alpha value is -3.39. The van der Waals surface area contributed by atoms with Crippen molar-refractivity contribution in [2.45, 2.75) is 57.6 Å². The summed E-state index contributed by atoms with van der Waals surface area (Å²) in [5.74, 6) is -1.75. The molecule has 2 amide bonds. The van der Waals surface area contributed by atoms with Crippen LogP contribution in [-0.4, -0.2) is 41.8 Å². The molecule has 35 heavy (non-hydrogen) atoms. The van der Waals surface area contributed by atoms with Gasteiger partial charge in [-0.2, -0.15) is 0 Å². The van der Waals surface area contributed by atoms with Gasteiger partial charge in [0.05, 0.1) is 0 Å². The molecule has 2 aromatic carbocycles. The Balaban J connectivity index is 1.38. The van der Waals surface area contributed by atoms with Gasteiger partial charge in [0.1, 0.15) is 12.6 Å². The minimum atomic E-state index is -1.12. The van der Waals surface area contributed by atoms with E-state index in [4.69, 9.17) is 9.57 Å². The van der Waals surface area contributed by atoms with E-state index in [1.54, 1.807) is 0 Å². The van der Waals surface area contributed by atoms with E-state index in [9.17, 15) is 19.5 Å². The molecule has 0 aromatic heterocycles. The molecule has 0 bridgehead atoms. The number of amides is 2. The summed E-state index contributed by atoms with van der Waals surface area (Å²) in [6.07, 6.45) is 0.904. The molecule has 0 spiro atoms. The number of aliphatic carboxylic acids is 1. The number of nitrogens with one attached hydrogen (secondary N) is 2. The molecule has 4 rings (SSSR count). The summed E-state index contributed by atoms with van der Waals surface area (Å²) in [5, 5.41) is 12.0. The molecule has 2 aliphatic rings. The van der Waals surface area contributed by atoms with Crippen LogP contribution in [0.3, 0.4) is 0 Å². The Bertz CT molecular complexity index is 1040. The van der Waals surface area contributed by atoms with E-state index in [1.807, 2.05) is 50.2 Å². The highest BCUT2D eigenvalue weighted by molar-refractivity contribution is 5.85. The Labute approximate surface area is 205 Å². The summed E-state index contributed by atoms with van der Waals surface area (Å²) in [7, 11) is 0. The largest absolute Gasteiger partial charge is 0.479 e. The number of hydrogen-bond donors (Lipinski definition) is 3. The second-order valence-electron chi connectivity index (χ2n) is 9.45. The average Bonchev–Trinajstić information content (AvgIpc) is 3.64. The normalized spacial score (nSPS) is 17.0. The minimum Gasteiger partial charge on any atom is -0.479 e. The van der Waals surface area contributed by atoms with Crippen molar-refractivity contribution in [3.05, 3.63) is 59.7 Å². The zero-order chi connectivity index (χ0) is 24.9. The number of ether oxygens (including phenoxy) is 1. The van der Waals surface area contributed by atoms with Crippen LogP contribution in [0.1, 0.15) is 56.6 Å². The molecular weight excluding hydrogens is 448 g/mol. The molecule has 8 nitrogen and oxygen atoms in total. The Kier molecular flexibility index (Phi) is 7.70. The number of carbonyl (C=O) groups excluding carboxylic acids is 2. The lowest BCUT2D eigenvalue weighted by atomic mass is 9.98. The van der Waals surface area contributed by atoms with E-state index < -0.39 is 30.1 Å². The van der Waals surface area contributed by atoms with Gasteiger partial charge in [-0.1, -0.05) is 68.8 Å². The summed E-state index contributed by atoms with van der Waals surface area (Å²) in [5.41, 5.74) is 6.72. The topological polar surface area (TPSA) is 114 Å². The van der Waals surface area contributed by atoms with Crippen molar-refractivity contribution in [1.29, 1.82) is 0 Å². The van der Waals surface area contributed by atoms with Crippen molar-refractivity contribution in [2.24, 2.45) is 11.8 Å². The quantitative estimate of drug-likeness (QED) is 0.415. The van der Waals surface area contributed by atoms with Gasteiger partial charge in [-0.15, -0.1) is 0 Å². The maximum Gasteiger partial charge on any atom is 0.407 e. The van der Waals surface area contributed by atoms with E-state index in [2.05, 4.69) is 22.9 Å². The van der Waals surface area contributed by atoms with Crippen LogP contribution in [0, 0.1) is 11.8 Å². The number of hydroxylamine groups is 1. The molecule has 3 N–H and O–H groups in total. The minimum absolute atomic E-state index is 0.0896. The van der Waals surface area contributed by atoms with Gasteiger partial charge in [0.25, 0.3) is 5.91 Å². The van der Waals surface area contributed by atoms with Crippen molar-refractivity contribution in [2.75, 3.05) is 6.61 Å². The second-order valence-corrected chi connectivity index (χ2v) is 9.45. The maximum absolute atomic E-state index is 12.8. The van der Waals surface area contributed by atoms with Crippen LogP contribution in [0.5, 0.6) is 0 Å². The lowest BCUT2D eigenvalue weighted by Gasteiger charge is -2.22. The fourth-order valence-corrected chi connectivity index (χ4v) is 4.52. The lowest BCUT2D eigenvalue weighted by Crippen LogP contribution is -2.49. The van der Waals surface area contributed by atoms with Gasteiger partial charge in [-0.25, -0.2) is 15.1 Å². The molecule has 8 heteroatoms. The van der Waals surface area contributed by atoms with Crippen molar-refractivity contribution >= 4 is 18.0 Å². The first-order chi connectivity index (χ1) is 16.9. The van der Waals surface area contributed by atoms with Gasteiger partial charge < -0.3 is 15.2 Å². The molecule has 0 heterocycles. The maximum atomic E-state index is 12.8. The van der Waals surface area contributed by atoms with Crippen molar-refractivity contribution in [3.8, 4) is 11.1 Å². The second kappa shape index (κ2) is 10.9. The zero-order valence-electron chi connectivity index (χ0n) is 20.0. The highest BCUT2D eigenvalue weighted by atomic mass is 16.7. The van der Waals surface area contributed by atoms with E-state index in [0.29, 0.717) is 6.42 Å². The first kappa shape index (κ1) is 24.7. The molecule has 2 aliphatic carbocycles. The fourth-order valence-electron chi connectivity index (χ4n) is 4.52. The van der Waals surface area contributed by atoms with Crippen LogP contribution >= 0.6 is 0 Å². The van der Waals surface area contributed by atoms with Gasteiger partial charge >= 0.3 is 12.1 Å². The molecule has 0 radical (unpaired) electrons. The van der Waals surface area contributed by atoms with Crippen LogP contribution in [0.25, 0.3) is 11.1 Å². The van der Waals surface area contributed by atoms with E-state index in [1.165, 1.54) is 0 Å². The van der Waals surface area contributed by atoms with Gasteiger partial charge in [0.15, 0.2) is 6.10 Å². The molecule has 3 unspecified atom stereocenters. The molecule has 0 saturated heterocycles. The number of carboxylic acid groups (broad SMARTS) is 1. The Morgan fingerprint density at radius 3 is 2.17 bits per heavy atom. The van der Waals surface area contributed by atoms with E-state index in [0.717, 1.165) is 41.5 Å². The van der Waals surface area contributed by atoms with Gasteiger partial charge in [0, 0.05) is 5.92 Å². The SMILES string of the molecule is CCC(C)CC(NC(=O)OCC1c2ccccc2-c2ccccc21)C(=O)NOC(C(=O)O)C1CC1. The summed E-state index contributed by atoms with van der Waals surface area (Å²) in [6.45, 7) is 4.11. The smallest absolute Gasteiger partial charge is 0.407 e. The molecule has 3 atom stereocenters. The fraction of sp³-hybridized carbons (Fsp3) is 0.444. The number of rotatable bonds is 11. The summed E-state index contributed by atoms with van der Waals surface area (Å²) >= 11 is 0. The molecule has 2 aromatic rings. The molecule has 186 valence electrons. The predicted octanol–water partition coefficient (Wildman–Crippen LogP) is 4.24. The number of benzene rings is 2. The van der Waals surface area contributed by atoms with Crippen LogP contribution in [0.2, 0.25) is 0 Å². The van der Waals surface area contributed by atoms with Crippen LogP contribution in [0.15, 0.2) is 48.5 Å². The summed E-state index contributed by atoms with van der Waals surface area (Å²) < 4.78 is 5.58. The first-order valence-corrected chi connectivity index (χ1v) is 12.2. The molecule has 1 saturated carbocycles. The zero-order valence-corrected chi connectivity index (χ0v) is 20.0. The van der Waals surface area contributed by atoms with Crippen molar-refractivity contribution < 1.29 is 29.1 Å². The highest BCUT2D eigenvalue weighted by Crippen LogP contribution is 2.44. The molecular formula is C27H32N2O6. The summed E-state index contributed by atoms with van der Waals surface area (Å²) in [4.78, 5) is 42.1. The van der Waals surface area contributed by atoms with Crippen LogP contribution < -0.4 is 10.8 Å². The Morgan fingerprint density at radius 1 is 1.03 bits per heavy atom. The standard InChI is InChI=1S/C27H32N2O6/c1-3-16(2)14-23(25(30)29-35-24(26(31)32)17-12-13-17)28-27(33)34-15-22-20-10-6-4-8-18(20)19-9-5-7-11-21(19)22/h4-11,16-17,22-24H,3,12-15H2,1-2H3,(H,28,33)(H,29,30)(H,31,32). The number of alkyl carbamates (subject to hydrolysis) is 1. The molecule has 0 aliphatic heterocycles. The van der Waals surface area contributed by atoms with Gasteiger partial charge in [-0.05, 0) is 53.4 Å². The number of hydrogen-bond acceptors (Lipinski definition) is 5. The van der Waals surface area contributed by atoms with Gasteiger partial charge in [-0.3, -0.25) is 9.63 Å². The third-order valence-electron chi connectivity index (χ3n) is 6.87. The monoisotopic (exact) mass is 480 g/mol. The highest BCUT2D eigenvalue weighted by Gasteiger charge is 2.38. The lowest BCUT2D eigenvalue weighted by molar-refractivity contribution is -0.163. The molecule has 1 fully saturated rings. The number of fused-ring (bicyclic) bond motifs is 3. The van der Waals surface area contributed by atoms with Crippen molar-refractivity contribution in [3.63, 3.8) is 0 Å².